The molecule has 0 amide bonds. The molecular formula is C14H17N3O2. The Morgan fingerprint density at radius 1 is 1.42 bits per heavy atom. The second-order valence-corrected chi connectivity index (χ2v) is 4.75. The summed E-state index contributed by atoms with van der Waals surface area (Å²) in [6, 6.07) is 7.52. The van der Waals surface area contributed by atoms with Crippen LogP contribution in [0.2, 0.25) is 0 Å². The Bertz CT molecular complexity index is 563. The van der Waals surface area contributed by atoms with Gasteiger partial charge in [-0.05, 0) is 37.8 Å². The Balaban J connectivity index is 1.89. The number of aromatic nitrogens is 2. The molecule has 3 rings (SSSR count). The lowest BCUT2D eigenvalue weighted by Crippen LogP contribution is -2.13. The number of nitrogens with zero attached hydrogens (tertiary/aromatic N) is 2. The van der Waals surface area contributed by atoms with Crippen molar-refractivity contribution < 1.29 is 9.26 Å². The van der Waals surface area contributed by atoms with Crippen LogP contribution < -0.4 is 10.5 Å². The molecule has 1 atom stereocenters. The van der Waals surface area contributed by atoms with Gasteiger partial charge in [-0.3, -0.25) is 0 Å². The molecule has 2 aromatic rings. The van der Waals surface area contributed by atoms with E-state index in [-0.39, 0.29) is 6.04 Å². The summed E-state index contributed by atoms with van der Waals surface area (Å²) < 4.78 is 10.9. The second kappa shape index (κ2) is 5.01. The predicted molar refractivity (Wildman–Crippen MR) is 70.6 cm³/mol. The first kappa shape index (κ1) is 12.2. The summed E-state index contributed by atoms with van der Waals surface area (Å²) in [6.07, 6.45) is 2.31. The van der Waals surface area contributed by atoms with Crippen molar-refractivity contribution >= 4 is 0 Å². The predicted octanol–water partition coefficient (Wildman–Crippen LogP) is 2.55. The lowest BCUT2D eigenvalue weighted by Gasteiger charge is -2.06. The first-order chi connectivity index (χ1) is 9.29. The lowest BCUT2D eigenvalue weighted by molar-refractivity contribution is 0.339. The third-order valence-electron chi connectivity index (χ3n) is 3.29. The molecular weight excluding hydrogens is 242 g/mol. The molecule has 1 aromatic heterocycles. The van der Waals surface area contributed by atoms with Crippen molar-refractivity contribution in [1.29, 1.82) is 0 Å². The van der Waals surface area contributed by atoms with Crippen LogP contribution >= 0.6 is 0 Å². The van der Waals surface area contributed by atoms with Gasteiger partial charge in [0.15, 0.2) is 5.82 Å². The number of benzene rings is 1. The van der Waals surface area contributed by atoms with Crippen molar-refractivity contribution in [1.82, 2.24) is 10.1 Å². The van der Waals surface area contributed by atoms with Crippen molar-refractivity contribution in [2.24, 2.45) is 11.7 Å². The minimum absolute atomic E-state index is 0.114. The van der Waals surface area contributed by atoms with Crippen LogP contribution in [0, 0.1) is 5.92 Å². The van der Waals surface area contributed by atoms with Crippen molar-refractivity contribution in [3.63, 3.8) is 0 Å². The fourth-order valence-electron chi connectivity index (χ4n) is 2.07. The number of hydrogen-bond acceptors (Lipinski definition) is 5. The zero-order valence-corrected chi connectivity index (χ0v) is 10.9. The van der Waals surface area contributed by atoms with Crippen LogP contribution in [0.5, 0.6) is 5.75 Å². The van der Waals surface area contributed by atoms with E-state index in [0.717, 1.165) is 24.2 Å². The average molecular weight is 259 g/mol. The highest BCUT2D eigenvalue weighted by molar-refractivity contribution is 5.62. The monoisotopic (exact) mass is 259 g/mol. The SMILES string of the molecule is CCOc1ccccc1-c1nc(C(N)C2CC2)no1. The van der Waals surface area contributed by atoms with E-state index >= 15 is 0 Å². The quantitative estimate of drug-likeness (QED) is 0.893. The number of nitrogens with two attached hydrogens (primary N) is 1. The normalized spacial score (nSPS) is 16.3. The van der Waals surface area contributed by atoms with Crippen LogP contribution in [0.15, 0.2) is 28.8 Å². The maximum atomic E-state index is 6.07. The van der Waals surface area contributed by atoms with Gasteiger partial charge in [-0.15, -0.1) is 0 Å². The number of para-hydroxylation sites is 1. The number of ether oxygens (including phenoxy) is 1. The van der Waals surface area contributed by atoms with E-state index in [1.54, 1.807) is 0 Å². The van der Waals surface area contributed by atoms with Crippen LogP contribution in [0.1, 0.15) is 31.6 Å². The zero-order chi connectivity index (χ0) is 13.2. The van der Waals surface area contributed by atoms with Gasteiger partial charge in [0.2, 0.25) is 0 Å². The van der Waals surface area contributed by atoms with Gasteiger partial charge in [-0.1, -0.05) is 17.3 Å². The maximum Gasteiger partial charge on any atom is 0.261 e. The molecule has 0 saturated heterocycles. The number of hydrogen-bond donors (Lipinski definition) is 1. The minimum atomic E-state index is -0.114. The largest absolute Gasteiger partial charge is 0.493 e. The standard InChI is InChI=1S/C14H17N3O2/c1-2-18-11-6-4-3-5-10(11)14-16-13(17-19-14)12(15)9-7-8-9/h3-6,9,12H,2,7-8,15H2,1H3. The Kier molecular flexibility index (Phi) is 3.21. The third-order valence-corrected chi connectivity index (χ3v) is 3.29. The van der Waals surface area contributed by atoms with E-state index in [4.69, 9.17) is 15.0 Å². The van der Waals surface area contributed by atoms with Gasteiger partial charge in [0.25, 0.3) is 5.89 Å². The smallest absolute Gasteiger partial charge is 0.261 e. The maximum absolute atomic E-state index is 6.07. The van der Waals surface area contributed by atoms with Gasteiger partial charge in [0, 0.05) is 0 Å². The van der Waals surface area contributed by atoms with E-state index in [0.29, 0.717) is 24.2 Å². The summed E-state index contributed by atoms with van der Waals surface area (Å²) in [4.78, 5) is 4.40. The summed E-state index contributed by atoms with van der Waals surface area (Å²) in [5.41, 5.74) is 6.88. The summed E-state index contributed by atoms with van der Waals surface area (Å²) in [5.74, 6) is 2.31. The van der Waals surface area contributed by atoms with Gasteiger partial charge in [-0.2, -0.15) is 4.98 Å². The van der Waals surface area contributed by atoms with Gasteiger partial charge >= 0.3 is 0 Å². The average Bonchev–Trinajstić information content (AvgIpc) is 3.17. The van der Waals surface area contributed by atoms with Crippen LogP contribution in [-0.2, 0) is 0 Å². The molecule has 2 N–H and O–H groups in total. The van der Waals surface area contributed by atoms with Crippen molar-refractivity contribution in [3.05, 3.63) is 30.1 Å². The summed E-state index contributed by atoms with van der Waals surface area (Å²) in [6.45, 7) is 2.54. The van der Waals surface area contributed by atoms with Gasteiger partial charge in [0.05, 0.1) is 18.2 Å². The molecule has 1 unspecified atom stereocenters. The molecule has 0 aliphatic heterocycles. The molecule has 5 heteroatoms. The van der Waals surface area contributed by atoms with Crippen LogP contribution in [0.4, 0.5) is 0 Å². The fraction of sp³-hybridized carbons (Fsp3) is 0.429. The molecule has 5 nitrogen and oxygen atoms in total. The van der Waals surface area contributed by atoms with E-state index in [9.17, 15) is 0 Å². The highest BCUT2D eigenvalue weighted by Crippen LogP contribution is 2.39. The minimum Gasteiger partial charge on any atom is -0.493 e. The molecule has 100 valence electrons. The molecule has 19 heavy (non-hydrogen) atoms. The molecule has 1 aliphatic carbocycles. The fourth-order valence-corrected chi connectivity index (χ4v) is 2.07. The highest BCUT2D eigenvalue weighted by atomic mass is 16.5. The Hall–Kier alpha value is -1.88. The molecule has 1 aromatic carbocycles. The van der Waals surface area contributed by atoms with Crippen LogP contribution in [-0.4, -0.2) is 16.7 Å². The highest BCUT2D eigenvalue weighted by Gasteiger charge is 2.32. The lowest BCUT2D eigenvalue weighted by atomic mass is 10.2. The van der Waals surface area contributed by atoms with E-state index in [1.807, 2.05) is 31.2 Å². The van der Waals surface area contributed by atoms with E-state index in [1.165, 1.54) is 0 Å². The first-order valence-corrected chi connectivity index (χ1v) is 6.61. The molecule has 0 spiro atoms. The molecule has 1 heterocycles. The van der Waals surface area contributed by atoms with Gasteiger partial charge in [-0.25, -0.2) is 0 Å². The van der Waals surface area contributed by atoms with E-state index in [2.05, 4.69) is 10.1 Å². The molecule has 0 bridgehead atoms. The first-order valence-electron chi connectivity index (χ1n) is 6.61. The zero-order valence-electron chi connectivity index (χ0n) is 10.9. The van der Waals surface area contributed by atoms with Crippen LogP contribution in [0.25, 0.3) is 11.5 Å². The summed E-state index contributed by atoms with van der Waals surface area (Å²) >= 11 is 0. The molecule has 0 radical (unpaired) electrons. The molecule has 1 aliphatic rings. The van der Waals surface area contributed by atoms with E-state index < -0.39 is 0 Å². The van der Waals surface area contributed by atoms with Crippen LogP contribution in [0.3, 0.4) is 0 Å². The molecule has 1 saturated carbocycles. The Labute approximate surface area is 111 Å². The summed E-state index contributed by atoms with van der Waals surface area (Å²) in [7, 11) is 0. The van der Waals surface area contributed by atoms with Gasteiger partial charge in [0.1, 0.15) is 5.75 Å². The summed E-state index contributed by atoms with van der Waals surface area (Å²) in [5, 5.41) is 3.99. The Morgan fingerprint density at radius 3 is 2.95 bits per heavy atom. The van der Waals surface area contributed by atoms with Crippen molar-refractivity contribution in [2.45, 2.75) is 25.8 Å². The topological polar surface area (TPSA) is 74.2 Å². The van der Waals surface area contributed by atoms with Crippen molar-refractivity contribution in [3.8, 4) is 17.2 Å². The van der Waals surface area contributed by atoms with Crippen molar-refractivity contribution in [2.75, 3.05) is 6.61 Å². The Morgan fingerprint density at radius 2 is 2.21 bits per heavy atom. The number of rotatable bonds is 5. The second-order valence-electron chi connectivity index (χ2n) is 4.75. The third kappa shape index (κ3) is 2.46. The molecule has 1 fully saturated rings. The van der Waals surface area contributed by atoms with Gasteiger partial charge < -0.3 is 15.0 Å².